The highest BCUT2D eigenvalue weighted by Gasteiger charge is 2.40. The minimum absolute atomic E-state index is 0.0302. The lowest BCUT2D eigenvalue weighted by Gasteiger charge is -2.21. The van der Waals surface area contributed by atoms with Gasteiger partial charge in [0.1, 0.15) is 0 Å². The smallest absolute Gasteiger partial charge is 0.220 e. The first-order chi connectivity index (χ1) is 7.19. The molecule has 3 nitrogen and oxygen atoms in total. The zero-order valence-electron chi connectivity index (χ0n) is 9.41. The standard InChI is InChI=1S/C12H21NO2/c1-8(7-14)13-12(15)6-11-5-9-2-3-10(11)4-9/h8-11,14H,2-7H2,1H3,(H,13,15)/t8-,9?,10?,11?/m0/s1. The summed E-state index contributed by atoms with van der Waals surface area (Å²) in [6, 6.07) is -0.101. The Morgan fingerprint density at radius 2 is 2.27 bits per heavy atom. The maximum absolute atomic E-state index is 11.6. The summed E-state index contributed by atoms with van der Waals surface area (Å²) in [5.41, 5.74) is 0. The minimum atomic E-state index is -0.101. The Morgan fingerprint density at radius 3 is 2.80 bits per heavy atom. The molecule has 2 bridgehead atoms. The number of hydrogen-bond acceptors (Lipinski definition) is 2. The van der Waals surface area contributed by atoms with Gasteiger partial charge in [0.2, 0.25) is 5.91 Å². The van der Waals surface area contributed by atoms with Crippen molar-refractivity contribution in [3.8, 4) is 0 Å². The summed E-state index contributed by atoms with van der Waals surface area (Å²) in [6.07, 6.45) is 6.00. The van der Waals surface area contributed by atoms with Crippen LogP contribution in [0.25, 0.3) is 0 Å². The lowest BCUT2D eigenvalue weighted by atomic mass is 9.86. The molecule has 2 rings (SSSR count). The van der Waals surface area contributed by atoms with Crippen molar-refractivity contribution in [3.63, 3.8) is 0 Å². The fourth-order valence-electron chi connectivity index (χ4n) is 3.24. The van der Waals surface area contributed by atoms with E-state index in [4.69, 9.17) is 5.11 Å². The minimum Gasteiger partial charge on any atom is -0.394 e. The molecular formula is C12H21NO2. The molecule has 2 saturated carbocycles. The van der Waals surface area contributed by atoms with Gasteiger partial charge in [0.05, 0.1) is 6.61 Å². The summed E-state index contributed by atoms with van der Waals surface area (Å²) in [5.74, 6) is 2.46. The Hall–Kier alpha value is -0.570. The molecule has 2 aliphatic rings. The highest BCUT2D eigenvalue weighted by atomic mass is 16.3. The molecule has 0 aromatic carbocycles. The van der Waals surface area contributed by atoms with Crippen molar-refractivity contribution >= 4 is 5.91 Å². The normalized spacial score (nSPS) is 35.5. The SMILES string of the molecule is C[C@@H](CO)NC(=O)CC1CC2CCC1C2. The largest absolute Gasteiger partial charge is 0.394 e. The number of carbonyl (C=O) groups excluding carboxylic acids is 1. The highest BCUT2D eigenvalue weighted by molar-refractivity contribution is 5.76. The Morgan fingerprint density at radius 1 is 1.47 bits per heavy atom. The number of nitrogens with one attached hydrogen (secondary N) is 1. The fourth-order valence-corrected chi connectivity index (χ4v) is 3.24. The van der Waals surface area contributed by atoms with Gasteiger partial charge in [-0.2, -0.15) is 0 Å². The summed E-state index contributed by atoms with van der Waals surface area (Å²) in [4.78, 5) is 11.6. The fraction of sp³-hybridized carbons (Fsp3) is 0.917. The van der Waals surface area contributed by atoms with Crippen LogP contribution in [-0.4, -0.2) is 23.7 Å². The van der Waals surface area contributed by atoms with Crippen molar-refractivity contribution in [1.29, 1.82) is 0 Å². The molecule has 0 aliphatic heterocycles. The Labute approximate surface area is 91.2 Å². The third-order valence-corrected chi connectivity index (χ3v) is 4.01. The van der Waals surface area contributed by atoms with Crippen LogP contribution in [0.15, 0.2) is 0 Å². The molecule has 2 N–H and O–H groups in total. The van der Waals surface area contributed by atoms with Gasteiger partial charge < -0.3 is 10.4 Å². The van der Waals surface area contributed by atoms with Crippen molar-refractivity contribution < 1.29 is 9.90 Å². The van der Waals surface area contributed by atoms with E-state index in [9.17, 15) is 4.79 Å². The van der Waals surface area contributed by atoms with Crippen LogP contribution in [0.2, 0.25) is 0 Å². The van der Waals surface area contributed by atoms with E-state index < -0.39 is 0 Å². The first-order valence-corrected chi connectivity index (χ1v) is 6.09. The van der Waals surface area contributed by atoms with Crippen LogP contribution in [0.4, 0.5) is 0 Å². The molecule has 86 valence electrons. The van der Waals surface area contributed by atoms with Crippen LogP contribution in [-0.2, 0) is 4.79 Å². The van der Waals surface area contributed by atoms with Crippen molar-refractivity contribution in [3.05, 3.63) is 0 Å². The van der Waals surface area contributed by atoms with Crippen molar-refractivity contribution in [2.75, 3.05) is 6.61 Å². The molecule has 0 aromatic rings. The highest BCUT2D eigenvalue weighted by Crippen LogP contribution is 2.49. The lowest BCUT2D eigenvalue weighted by Crippen LogP contribution is -2.36. The second kappa shape index (κ2) is 4.52. The third-order valence-electron chi connectivity index (χ3n) is 4.01. The van der Waals surface area contributed by atoms with Gasteiger partial charge in [0, 0.05) is 12.5 Å². The Balaban J connectivity index is 1.75. The number of aliphatic hydroxyl groups is 1. The molecule has 2 fully saturated rings. The van der Waals surface area contributed by atoms with Gasteiger partial charge in [-0.25, -0.2) is 0 Å². The second-order valence-corrected chi connectivity index (χ2v) is 5.29. The molecule has 4 atom stereocenters. The number of carbonyl (C=O) groups is 1. The first-order valence-electron chi connectivity index (χ1n) is 6.09. The van der Waals surface area contributed by atoms with Gasteiger partial charge in [-0.1, -0.05) is 6.42 Å². The van der Waals surface area contributed by atoms with Gasteiger partial charge in [-0.05, 0) is 43.9 Å². The van der Waals surface area contributed by atoms with Crippen LogP contribution in [0.1, 0.15) is 39.0 Å². The van der Waals surface area contributed by atoms with Crippen molar-refractivity contribution in [2.45, 2.75) is 45.1 Å². The van der Waals surface area contributed by atoms with E-state index in [2.05, 4.69) is 5.32 Å². The molecule has 15 heavy (non-hydrogen) atoms. The van der Waals surface area contributed by atoms with Crippen LogP contribution in [0, 0.1) is 17.8 Å². The van der Waals surface area contributed by atoms with Crippen LogP contribution < -0.4 is 5.32 Å². The molecule has 0 heterocycles. The molecule has 3 heteroatoms. The summed E-state index contributed by atoms with van der Waals surface area (Å²) in [6.45, 7) is 1.86. The maximum atomic E-state index is 11.6. The van der Waals surface area contributed by atoms with Gasteiger partial charge >= 0.3 is 0 Å². The third kappa shape index (κ3) is 2.51. The summed E-state index contributed by atoms with van der Waals surface area (Å²) in [5, 5.41) is 11.7. The van der Waals surface area contributed by atoms with Crippen LogP contribution in [0.3, 0.4) is 0 Å². The molecule has 0 spiro atoms. The topological polar surface area (TPSA) is 49.3 Å². The van der Waals surface area contributed by atoms with Crippen molar-refractivity contribution in [2.24, 2.45) is 17.8 Å². The second-order valence-electron chi connectivity index (χ2n) is 5.29. The average molecular weight is 211 g/mol. The number of fused-ring (bicyclic) bond motifs is 2. The molecule has 0 saturated heterocycles. The predicted molar refractivity (Wildman–Crippen MR) is 58.2 cm³/mol. The first kappa shape index (κ1) is 10.9. The van der Waals surface area contributed by atoms with E-state index in [1.807, 2.05) is 6.92 Å². The van der Waals surface area contributed by atoms with E-state index in [1.165, 1.54) is 25.7 Å². The van der Waals surface area contributed by atoms with E-state index in [1.54, 1.807) is 0 Å². The van der Waals surface area contributed by atoms with Crippen molar-refractivity contribution in [1.82, 2.24) is 5.32 Å². The van der Waals surface area contributed by atoms with Gasteiger partial charge in [-0.15, -0.1) is 0 Å². The number of aliphatic hydroxyl groups excluding tert-OH is 1. The molecule has 1 amide bonds. The summed E-state index contributed by atoms with van der Waals surface area (Å²) >= 11 is 0. The van der Waals surface area contributed by atoms with E-state index in [-0.39, 0.29) is 18.6 Å². The van der Waals surface area contributed by atoms with Crippen LogP contribution in [0.5, 0.6) is 0 Å². The maximum Gasteiger partial charge on any atom is 0.220 e. The Bertz CT molecular complexity index is 242. The number of amides is 1. The summed E-state index contributed by atoms with van der Waals surface area (Å²) < 4.78 is 0. The van der Waals surface area contributed by atoms with E-state index in [0.29, 0.717) is 12.3 Å². The summed E-state index contributed by atoms with van der Waals surface area (Å²) in [7, 11) is 0. The van der Waals surface area contributed by atoms with Crippen LogP contribution >= 0.6 is 0 Å². The predicted octanol–water partition coefficient (Wildman–Crippen LogP) is 1.31. The Kier molecular flexibility index (Phi) is 3.29. The number of rotatable bonds is 4. The van der Waals surface area contributed by atoms with E-state index in [0.717, 1.165) is 11.8 Å². The number of hydrogen-bond donors (Lipinski definition) is 2. The monoisotopic (exact) mass is 211 g/mol. The molecule has 3 unspecified atom stereocenters. The molecule has 0 radical (unpaired) electrons. The molecular weight excluding hydrogens is 190 g/mol. The van der Waals surface area contributed by atoms with E-state index >= 15 is 0 Å². The lowest BCUT2D eigenvalue weighted by molar-refractivity contribution is -0.123. The molecule has 2 aliphatic carbocycles. The zero-order valence-corrected chi connectivity index (χ0v) is 9.41. The van der Waals surface area contributed by atoms with Gasteiger partial charge in [-0.3, -0.25) is 4.79 Å². The van der Waals surface area contributed by atoms with Gasteiger partial charge in [0.15, 0.2) is 0 Å². The average Bonchev–Trinajstić information content (AvgIpc) is 2.78. The molecule has 0 aromatic heterocycles. The zero-order chi connectivity index (χ0) is 10.8. The quantitative estimate of drug-likeness (QED) is 0.736. The van der Waals surface area contributed by atoms with Gasteiger partial charge in [0.25, 0.3) is 0 Å².